The predicted molar refractivity (Wildman–Crippen MR) is 214 cm³/mol. The van der Waals surface area contributed by atoms with Crippen LogP contribution < -0.4 is 4.90 Å². The Morgan fingerprint density at radius 2 is 0.920 bits per heavy atom. The summed E-state index contributed by atoms with van der Waals surface area (Å²) in [7, 11) is 0. The number of nitrogens with zero attached hydrogens (tertiary/aromatic N) is 1. The van der Waals surface area contributed by atoms with Crippen molar-refractivity contribution in [2.75, 3.05) is 4.90 Å². The van der Waals surface area contributed by atoms with Gasteiger partial charge in [0.05, 0.1) is 5.69 Å². The second-order valence-corrected chi connectivity index (χ2v) is 14.1. The fourth-order valence-electron chi connectivity index (χ4n) is 8.67. The number of rotatable bonds is 4. The van der Waals surface area contributed by atoms with Crippen LogP contribution in [-0.4, -0.2) is 0 Å². The van der Waals surface area contributed by atoms with E-state index in [0.717, 1.165) is 11.4 Å². The minimum atomic E-state index is -0.0962. The fourth-order valence-corrected chi connectivity index (χ4v) is 8.67. The highest BCUT2D eigenvalue weighted by Gasteiger charge is 2.35. The summed E-state index contributed by atoms with van der Waals surface area (Å²) in [5.41, 5.74) is 11.2. The Morgan fingerprint density at radius 3 is 1.72 bits per heavy atom. The SMILES string of the molecule is CC1(C)c2ccccc2-c2ccc(N(c3cccc(-c4cccc5c6ccccc6c6ccccc6c45)c3)c3cccc4ccccc34)cc21. The van der Waals surface area contributed by atoms with E-state index in [1.54, 1.807) is 0 Å². The average molecular weight is 638 g/mol. The molecule has 10 rings (SSSR count). The molecule has 0 amide bonds. The molecule has 0 aromatic heterocycles. The normalized spacial score (nSPS) is 13.2. The summed E-state index contributed by atoms with van der Waals surface area (Å²) in [6.45, 7) is 4.72. The minimum Gasteiger partial charge on any atom is -0.310 e. The molecule has 0 fully saturated rings. The van der Waals surface area contributed by atoms with E-state index in [1.807, 2.05) is 0 Å². The van der Waals surface area contributed by atoms with E-state index in [2.05, 4.69) is 195 Å². The van der Waals surface area contributed by atoms with Gasteiger partial charge >= 0.3 is 0 Å². The van der Waals surface area contributed by atoms with E-state index in [0.29, 0.717) is 0 Å². The molecule has 0 saturated heterocycles. The predicted octanol–water partition coefficient (Wildman–Crippen LogP) is 13.7. The number of fused-ring (bicyclic) bond motifs is 10. The molecule has 0 saturated carbocycles. The molecule has 0 spiro atoms. The highest BCUT2D eigenvalue weighted by atomic mass is 15.1. The van der Waals surface area contributed by atoms with Crippen molar-refractivity contribution in [3.8, 4) is 22.3 Å². The van der Waals surface area contributed by atoms with E-state index in [-0.39, 0.29) is 5.41 Å². The largest absolute Gasteiger partial charge is 0.310 e. The van der Waals surface area contributed by atoms with Crippen LogP contribution in [0.4, 0.5) is 17.1 Å². The molecule has 0 atom stereocenters. The van der Waals surface area contributed by atoms with Gasteiger partial charge in [-0.05, 0) is 101 Å². The van der Waals surface area contributed by atoms with Crippen molar-refractivity contribution in [2.45, 2.75) is 19.3 Å². The van der Waals surface area contributed by atoms with Crippen molar-refractivity contribution in [3.05, 3.63) is 187 Å². The maximum absolute atomic E-state index is 2.46. The van der Waals surface area contributed by atoms with Crippen LogP contribution in [0.5, 0.6) is 0 Å². The van der Waals surface area contributed by atoms with Gasteiger partial charge in [0, 0.05) is 22.2 Å². The second-order valence-electron chi connectivity index (χ2n) is 14.1. The molecule has 1 aliphatic rings. The molecule has 50 heavy (non-hydrogen) atoms. The lowest BCUT2D eigenvalue weighted by atomic mass is 9.82. The van der Waals surface area contributed by atoms with Gasteiger partial charge in [-0.3, -0.25) is 0 Å². The van der Waals surface area contributed by atoms with Gasteiger partial charge in [-0.25, -0.2) is 0 Å². The standard InChI is InChI=1S/C49H35N/c1-49(2)45-26-10-9-22-41(45)42-29-28-35(31-46(42)49)50(47-27-12-15-32-14-3-4-18-36(32)47)34-17-11-16-33(30-34)37-24-13-25-44-40-20-6-5-19-38(40)39-21-7-8-23-43(39)48(37)44/h3-31H,1-2H3. The van der Waals surface area contributed by atoms with E-state index < -0.39 is 0 Å². The van der Waals surface area contributed by atoms with E-state index in [9.17, 15) is 0 Å². The monoisotopic (exact) mass is 637 g/mol. The quantitative estimate of drug-likeness (QED) is 0.174. The van der Waals surface area contributed by atoms with Gasteiger partial charge < -0.3 is 4.90 Å². The van der Waals surface area contributed by atoms with Crippen molar-refractivity contribution >= 4 is 60.2 Å². The molecule has 1 aliphatic carbocycles. The van der Waals surface area contributed by atoms with Crippen LogP contribution >= 0.6 is 0 Å². The summed E-state index contributed by atoms with van der Waals surface area (Å²) in [5.74, 6) is 0. The number of hydrogen-bond acceptors (Lipinski definition) is 1. The Hall–Kier alpha value is -6.18. The van der Waals surface area contributed by atoms with Crippen LogP contribution in [0.15, 0.2) is 176 Å². The van der Waals surface area contributed by atoms with Gasteiger partial charge in [0.15, 0.2) is 0 Å². The third-order valence-corrected chi connectivity index (χ3v) is 11.0. The minimum absolute atomic E-state index is 0.0962. The summed E-state index contributed by atoms with van der Waals surface area (Å²) in [5, 5.41) is 10.2. The fraction of sp³-hybridized carbons (Fsp3) is 0.0612. The smallest absolute Gasteiger partial charge is 0.0540 e. The molecule has 1 nitrogen and oxygen atoms in total. The molecule has 0 N–H and O–H groups in total. The zero-order valence-corrected chi connectivity index (χ0v) is 28.2. The third-order valence-electron chi connectivity index (χ3n) is 11.0. The molecular formula is C49H35N. The summed E-state index contributed by atoms with van der Waals surface area (Å²) in [6.07, 6.45) is 0. The van der Waals surface area contributed by atoms with Crippen LogP contribution in [0.1, 0.15) is 25.0 Å². The molecule has 9 aromatic rings. The van der Waals surface area contributed by atoms with E-state index >= 15 is 0 Å². The zero-order chi connectivity index (χ0) is 33.4. The lowest BCUT2D eigenvalue weighted by molar-refractivity contribution is 0.660. The van der Waals surface area contributed by atoms with E-state index in [4.69, 9.17) is 0 Å². The van der Waals surface area contributed by atoms with Crippen molar-refractivity contribution in [1.82, 2.24) is 0 Å². The lowest BCUT2D eigenvalue weighted by Gasteiger charge is -2.29. The first-order valence-corrected chi connectivity index (χ1v) is 17.5. The second kappa shape index (κ2) is 10.9. The molecule has 0 bridgehead atoms. The highest BCUT2D eigenvalue weighted by Crippen LogP contribution is 2.51. The Bertz CT molecular complexity index is 2750. The molecule has 0 heterocycles. The molecule has 1 heteroatoms. The van der Waals surface area contributed by atoms with Crippen molar-refractivity contribution in [2.24, 2.45) is 0 Å². The first kappa shape index (κ1) is 28.8. The van der Waals surface area contributed by atoms with Gasteiger partial charge in [0.1, 0.15) is 0 Å². The Kier molecular flexibility index (Phi) is 6.29. The van der Waals surface area contributed by atoms with E-state index in [1.165, 1.54) is 82.2 Å². The van der Waals surface area contributed by atoms with Crippen molar-refractivity contribution in [1.29, 1.82) is 0 Å². The van der Waals surface area contributed by atoms with Gasteiger partial charge in [-0.1, -0.05) is 159 Å². The average Bonchev–Trinajstić information content (AvgIpc) is 3.40. The Balaban J connectivity index is 1.22. The van der Waals surface area contributed by atoms with Crippen molar-refractivity contribution < 1.29 is 0 Å². The third kappa shape index (κ3) is 4.20. The summed E-state index contributed by atoms with van der Waals surface area (Å²) < 4.78 is 0. The lowest BCUT2D eigenvalue weighted by Crippen LogP contribution is -2.16. The highest BCUT2D eigenvalue weighted by molar-refractivity contribution is 6.28. The number of anilines is 3. The molecule has 0 unspecified atom stereocenters. The maximum Gasteiger partial charge on any atom is 0.0540 e. The number of benzene rings is 9. The van der Waals surface area contributed by atoms with Gasteiger partial charge in [0.25, 0.3) is 0 Å². The van der Waals surface area contributed by atoms with Crippen LogP contribution in [-0.2, 0) is 5.41 Å². The van der Waals surface area contributed by atoms with Gasteiger partial charge in [-0.15, -0.1) is 0 Å². The van der Waals surface area contributed by atoms with Crippen LogP contribution in [0.25, 0.3) is 65.3 Å². The van der Waals surface area contributed by atoms with Crippen LogP contribution in [0, 0.1) is 0 Å². The van der Waals surface area contributed by atoms with Crippen LogP contribution in [0.2, 0.25) is 0 Å². The topological polar surface area (TPSA) is 3.24 Å². The molecule has 236 valence electrons. The zero-order valence-electron chi connectivity index (χ0n) is 28.2. The Labute approximate surface area is 292 Å². The van der Waals surface area contributed by atoms with Crippen molar-refractivity contribution in [3.63, 3.8) is 0 Å². The number of hydrogen-bond donors (Lipinski definition) is 0. The maximum atomic E-state index is 2.46. The van der Waals surface area contributed by atoms with Crippen LogP contribution in [0.3, 0.4) is 0 Å². The first-order chi connectivity index (χ1) is 24.6. The molecular weight excluding hydrogens is 603 g/mol. The Morgan fingerprint density at radius 1 is 0.380 bits per heavy atom. The molecule has 9 aromatic carbocycles. The first-order valence-electron chi connectivity index (χ1n) is 17.5. The summed E-state index contributed by atoms with van der Waals surface area (Å²) in [4.78, 5) is 2.46. The summed E-state index contributed by atoms with van der Waals surface area (Å²) >= 11 is 0. The van der Waals surface area contributed by atoms with Gasteiger partial charge in [-0.2, -0.15) is 0 Å². The molecule has 0 aliphatic heterocycles. The summed E-state index contributed by atoms with van der Waals surface area (Å²) in [6, 6.07) is 65.0. The molecule has 0 radical (unpaired) electrons. The van der Waals surface area contributed by atoms with Gasteiger partial charge in [0.2, 0.25) is 0 Å².